The van der Waals surface area contributed by atoms with Gasteiger partial charge in [-0.05, 0) is 80.0 Å². The zero-order chi connectivity index (χ0) is 20.6. The van der Waals surface area contributed by atoms with Crippen molar-refractivity contribution in [1.82, 2.24) is 25.2 Å². The maximum Gasteiger partial charge on any atom is 0.258 e. The predicted octanol–water partition coefficient (Wildman–Crippen LogP) is 2.13. The van der Waals surface area contributed by atoms with Crippen LogP contribution in [0.2, 0.25) is 0 Å². The van der Waals surface area contributed by atoms with Crippen LogP contribution < -0.4 is 10.5 Å². The van der Waals surface area contributed by atoms with E-state index in [0.29, 0.717) is 0 Å². The van der Waals surface area contributed by atoms with Crippen molar-refractivity contribution in [2.24, 2.45) is 0 Å². The van der Waals surface area contributed by atoms with E-state index < -0.39 is 0 Å². The molecular weight excluding hydrogens is 364 g/mol. The summed E-state index contributed by atoms with van der Waals surface area (Å²) < 4.78 is 1.93. The first-order valence-electron chi connectivity index (χ1n) is 10.7. The van der Waals surface area contributed by atoms with E-state index in [2.05, 4.69) is 53.4 Å². The molecule has 0 amide bonds. The van der Waals surface area contributed by atoms with E-state index in [1.54, 1.807) is 0 Å². The van der Waals surface area contributed by atoms with E-state index >= 15 is 0 Å². The number of aryl methyl sites for hydroxylation is 1. The fourth-order valence-electron chi connectivity index (χ4n) is 4.34. The summed E-state index contributed by atoms with van der Waals surface area (Å²) in [6.45, 7) is 10.5. The van der Waals surface area contributed by atoms with Gasteiger partial charge in [-0.2, -0.15) is 0 Å². The van der Waals surface area contributed by atoms with Crippen LogP contribution in [-0.4, -0.2) is 38.3 Å². The van der Waals surface area contributed by atoms with Gasteiger partial charge in [0.05, 0.1) is 24.2 Å². The molecule has 154 valence electrons. The van der Waals surface area contributed by atoms with Crippen LogP contribution in [0, 0.1) is 6.92 Å². The number of hydrogen-bond acceptors (Lipinski definition) is 4. The van der Waals surface area contributed by atoms with Crippen molar-refractivity contribution in [2.75, 3.05) is 13.1 Å². The average molecular weight is 396 g/mol. The zero-order valence-corrected chi connectivity index (χ0v) is 17.8. The molecule has 2 aromatic heterocycles. The maximum atomic E-state index is 13.2. The number of quaternary nitrogens is 1. The number of rotatable bonds is 5. The summed E-state index contributed by atoms with van der Waals surface area (Å²) in [4.78, 5) is 17.7. The lowest BCUT2D eigenvalue weighted by Gasteiger charge is -2.33. The number of pyridine rings is 1. The maximum absolute atomic E-state index is 13.2. The molecular formula is C22H31N6O+. The molecule has 0 aliphatic carbocycles. The molecule has 0 saturated carbocycles. The van der Waals surface area contributed by atoms with Gasteiger partial charge in [0.1, 0.15) is 0 Å². The minimum Gasteiger partial charge on any atom is -0.322 e. The van der Waals surface area contributed by atoms with Gasteiger partial charge in [0.25, 0.3) is 5.56 Å². The second-order valence-electron chi connectivity index (χ2n) is 8.91. The second-order valence-corrected chi connectivity index (χ2v) is 8.91. The van der Waals surface area contributed by atoms with Gasteiger partial charge in [0, 0.05) is 5.52 Å². The SMILES string of the molecule is CCC(C)(C)n1nnnc1[C@@H](c1cc2ccc(C)cc2[nH]c1=O)[NH+]1CCCCC1. The van der Waals surface area contributed by atoms with Crippen LogP contribution in [0.3, 0.4) is 0 Å². The van der Waals surface area contributed by atoms with Crippen molar-refractivity contribution in [3.05, 3.63) is 51.6 Å². The lowest BCUT2D eigenvalue weighted by Crippen LogP contribution is -3.13. The van der Waals surface area contributed by atoms with Crippen molar-refractivity contribution in [2.45, 2.75) is 65.0 Å². The highest BCUT2D eigenvalue weighted by Gasteiger charge is 2.37. The number of nitrogens with zero attached hydrogens (tertiary/aromatic N) is 4. The fourth-order valence-corrected chi connectivity index (χ4v) is 4.34. The Morgan fingerprint density at radius 1 is 1.21 bits per heavy atom. The third-order valence-corrected chi connectivity index (χ3v) is 6.44. The minimum absolute atomic E-state index is 0.0463. The number of aromatic amines is 1. The van der Waals surface area contributed by atoms with Crippen LogP contribution >= 0.6 is 0 Å². The van der Waals surface area contributed by atoms with Gasteiger partial charge in [-0.15, -0.1) is 5.10 Å². The van der Waals surface area contributed by atoms with Crippen molar-refractivity contribution < 1.29 is 4.90 Å². The summed E-state index contributed by atoms with van der Waals surface area (Å²) in [5, 5.41) is 13.8. The largest absolute Gasteiger partial charge is 0.322 e. The van der Waals surface area contributed by atoms with E-state index in [9.17, 15) is 4.79 Å². The Morgan fingerprint density at radius 2 is 1.97 bits per heavy atom. The average Bonchev–Trinajstić information content (AvgIpc) is 3.20. The molecule has 1 aliphatic rings. The molecule has 1 aromatic carbocycles. The number of nitrogens with one attached hydrogen (secondary N) is 2. The number of aromatic nitrogens is 5. The highest BCUT2D eigenvalue weighted by Crippen LogP contribution is 2.25. The van der Waals surface area contributed by atoms with Crippen LogP contribution in [0.15, 0.2) is 29.1 Å². The zero-order valence-electron chi connectivity index (χ0n) is 17.8. The molecule has 3 aromatic rings. The summed E-state index contributed by atoms with van der Waals surface area (Å²) in [6.07, 6.45) is 4.47. The highest BCUT2D eigenvalue weighted by atomic mass is 16.1. The first-order chi connectivity index (χ1) is 13.9. The van der Waals surface area contributed by atoms with Gasteiger partial charge < -0.3 is 9.88 Å². The number of likely N-dealkylation sites (tertiary alicyclic amines) is 1. The molecule has 1 saturated heterocycles. The standard InChI is InChI=1S/C22H30N6O/c1-5-22(3,4)28-20(24-25-26-28)19(27-11-7-6-8-12-27)17-14-16-10-9-15(2)13-18(16)23-21(17)29/h9-10,13-14,19H,5-8,11-12H2,1-4H3,(H,23,29)/p+1/t19-/m1/s1. The minimum atomic E-state index is -0.215. The molecule has 1 fully saturated rings. The van der Waals surface area contributed by atoms with Crippen LogP contribution in [0.4, 0.5) is 0 Å². The summed E-state index contributed by atoms with van der Waals surface area (Å²) in [6, 6.07) is 8.04. The number of piperidine rings is 1. The Kier molecular flexibility index (Phi) is 5.25. The number of fused-ring (bicyclic) bond motifs is 1. The topological polar surface area (TPSA) is 80.9 Å². The first-order valence-corrected chi connectivity index (χ1v) is 10.7. The Bertz CT molecular complexity index is 1060. The number of benzene rings is 1. The molecule has 4 rings (SSSR count). The Balaban J connectivity index is 1.90. The molecule has 3 heterocycles. The van der Waals surface area contributed by atoms with Crippen LogP contribution in [0.1, 0.15) is 69.4 Å². The van der Waals surface area contributed by atoms with Gasteiger partial charge in [0.2, 0.25) is 5.82 Å². The lowest BCUT2D eigenvalue weighted by molar-refractivity contribution is -0.931. The van der Waals surface area contributed by atoms with Crippen LogP contribution in [0.25, 0.3) is 10.9 Å². The van der Waals surface area contributed by atoms with Crippen LogP contribution in [0.5, 0.6) is 0 Å². The van der Waals surface area contributed by atoms with Crippen LogP contribution in [-0.2, 0) is 5.54 Å². The van der Waals surface area contributed by atoms with Gasteiger partial charge in [-0.1, -0.05) is 19.1 Å². The molecule has 1 aliphatic heterocycles. The van der Waals surface area contributed by atoms with Crippen molar-refractivity contribution in [3.8, 4) is 0 Å². The number of tetrazole rings is 1. The monoisotopic (exact) mass is 395 g/mol. The van der Waals surface area contributed by atoms with Gasteiger partial charge in [-0.25, -0.2) is 4.68 Å². The molecule has 29 heavy (non-hydrogen) atoms. The lowest BCUT2D eigenvalue weighted by atomic mass is 9.97. The quantitative estimate of drug-likeness (QED) is 0.693. The summed E-state index contributed by atoms with van der Waals surface area (Å²) in [5.41, 5.74) is 2.50. The predicted molar refractivity (Wildman–Crippen MR) is 113 cm³/mol. The third-order valence-electron chi connectivity index (χ3n) is 6.44. The van der Waals surface area contributed by atoms with E-state index in [1.165, 1.54) is 11.3 Å². The molecule has 7 nitrogen and oxygen atoms in total. The van der Waals surface area contributed by atoms with Crippen molar-refractivity contribution in [1.29, 1.82) is 0 Å². The van der Waals surface area contributed by atoms with Gasteiger partial charge in [0.15, 0.2) is 6.04 Å². The highest BCUT2D eigenvalue weighted by molar-refractivity contribution is 5.79. The molecule has 7 heteroatoms. The third kappa shape index (κ3) is 3.71. The molecule has 0 radical (unpaired) electrons. The second kappa shape index (κ2) is 7.71. The van der Waals surface area contributed by atoms with E-state index in [-0.39, 0.29) is 17.1 Å². The molecule has 1 atom stereocenters. The molecule has 0 spiro atoms. The molecule has 0 bridgehead atoms. The Hall–Kier alpha value is -2.54. The number of hydrogen-bond donors (Lipinski definition) is 2. The van der Waals surface area contributed by atoms with E-state index in [0.717, 1.165) is 60.2 Å². The Labute approximate surface area is 171 Å². The van der Waals surface area contributed by atoms with E-state index in [4.69, 9.17) is 0 Å². The van der Waals surface area contributed by atoms with E-state index in [1.807, 2.05) is 23.7 Å². The fraction of sp³-hybridized carbons (Fsp3) is 0.545. The summed E-state index contributed by atoms with van der Waals surface area (Å²) in [7, 11) is 0. The molecule has 0 unspecified atom stereocenters. The Morgan fingerprint density at radius 3 is 2.69 bits per heavy atom. The first kappa shape index (κ1) is 19.8. The molecule has 2 N–H and O–H groups in total. The summed E-state index contributed by atoms with van der Waals surface area (Å²) in [5.74, 6) is 0.783. The smallest absolute Gasteiger partial charge is 0.258 e. The normalized spacial score (nSPS) is 17.0. The summed E-state index contributed by atoms with van der Waals surface area (Å²) >= 11 is 0. The number of H-pyrrole nitrogens is 1. The van der Waals surface area contributed by atoms with Crippen molar-refractivity contribution in [3.63, 3.8) is 0 Å². The van der Waals surface area contributed by atoms with Crippen molar-refractivity contribution >= 4 is 10.9 Å². The van der Waals surface area contributed by atoms with Gasteiger partial charge in [-0.3, -0.25) is 4.79 Å². The van der Waals surface area contributed by atoms with Gasteiger partial charge >= 0.3 is 0 Å².